The van der Waals surface area contributed by atoms with E-state index in [0.717, 1.165) is 11.4 Å². The largest absolute Gasteiger partial charge is 0.484 e. The average molecular weight is 448 g/mol. The van der Waals surface area contributed by atoms with Crippen LogP contribution < -0.4 is 9.64 Å². The maximum Gasteiger partial charge on any atom is 0.255 e. The van der Waals surface area contributed by atoms with Gasteiger partial charge in [0.15, 0.2) is 0 Å². The van der Waals surface area contributed by atoms with E-state index in [4.69, 9.17) is 16.3 Å². The van der Waals surface area contributed by atoms with E-state index < -0.39 is 5.60 Å². The number of carbonyl (C=O) groups excluding carboxylic acids is 2. The molecule has 3 heterocycles. The van der Waals surface area contributed by atoms with Gasteiger partial charge in [-0.2, -0.15) is 0 Å². The smallest absolute Gasteiger partial charge is 0.255 e. The van der Waals surface area contributed by atoms with Gasteiger partial charge in [-0.05, 0) is 36.4 Å². The van der Waals surface area contributed by atoms with Gasteiger partial charge in [-0.1, -0.05) is 41.9 Å². The maximum absolute atomic E-state index is 13.5. The number of carbonyl (C=O) groups is 2. The van der Waals surface area contributed by atoms with E-state index in [2.05, 4.69) is 4.98 Å². The zero-order valence-corrected chi connectivity index (χ0v) is 18.2. The predicted octanol–water partition coefficient (Wildman–Crippen LogP) is 4.86. The number of fused-ring (bicyclic) bond motifs is 1. The van der Waals surface area contributed by atoms with Crippen molar-refractivity contribution in [3.8, 4) is 5.75 Å². The normalized spacial score (nSPS) is 17.5. The maximum atomic E-state index is 13.5. The number of halogens is 1. The Morgan fingerprint density at radius 3 is 2.41 bits per heavy atom. The number of hydrogen-bond acceptors (Lipinski definition) is 4. The van der Waals surface area contributed by atoms with Crippen molar-refractivity contribution in [3.63, 3.8) is 0 Å². The Bertz CT molecular complexity index is 1140. The third-order valence-corrected chi connectivity index (χ3v) is 6.33. The zero-order chi connectivity index (χ0) is 22.1. The van der Waals surface area contributed by atoms with Crippen molar-refractivity contribution in [2.75, 3.05) is 18.0 Å². The highest BCUT2D eigenvalue weighted by molar-refractivity contribution is 6.29. The van der Waals surface area contributed by atoms with Crippen LogP contribution in [0.5, 0.6) is 5.75 Å². The molecule has 162 valence electrons. The molecule has 1 spiro atoms. The van der Waals surface area contributed by atoms with Gasteiger partial charge in [0.25, 0.3) is 5.91 Å². The van der Waals surface area contributed by atoms with E-state index in [-0.39, 0.29) is 18.2 Å². The summed E-state index contributed by atoms with van der Waals surface area (Å²) in [6, 6.07) is 20.5. The van der Waals surface area contributed by atoms with Crippen molar-refractivity contribution in [1.29, 1.82) is 0 Å². The molecule has 0 unspecified atom stereocenters. The van der Waals surface area contributed by atoms with Crippen molar-refractivity contribution >= 4 is 34.8 Å². The summed E-state index contributed by atoms with van der Waals surface area (Å²) < 4.78 is 6.53. The first-order valence-corrected chi connectivity index (χ1v) is 11.0. The Morgan fingerprint density at radius 2 is 1.69 bits per heavy atom. The van der Waals surface area contributed by atoms with Crippen molar-refractivity contribution in [3.05, 3.63) is 83.6 Å². The van der Waals surface area contributed by atoms with Crippen molar-refractivity contribution in [2.24, 2.45) is 0 Å². The highest BCUT2D eigenvalue weighted by Crippen LogP contribution is 2.43. The van der Waals surface area contributed by atoms with Gasteiger partial charge >= 0.3 is 0 Å². The van der Waals surface area contributed by atoms with E-state index in [1.807, 2.05) is 54.6 Å². The molecule has 6 nitrogen and oxygen atoms in total. The van der Waals surface area contributed by atoms with Gasteiger partial charge in [0.2, 0.25) is 5.91 Å². The molecule has 2 aliphatic heterocycles. The molecule has 0 atom stereocenters. The molecule has 2 aliphatic rings. The van der Waals surface area contributed by atoms with Crippen LogP contribution in [-0.4, -0.2) is 40.4 Å². The van der Waals surface area contributed by atoms with Crippen molar-refractivity contribution in [2.45, 2.75) is 24.9 Å². The van der Waals surface area contributed by atoms with E-state index in [1.54, 1.807) is 21.9 Å². The molecular weight excluding hydrogens is 426 g/mol. The number of piperidine rings is 1. The highest BCUT2D eigenvalue weighted by Gasteiger charge is 2.44. The molecule has 1 saturated heterocycles. The minimum absolute atomic E-state index is 0.0113. The van der Waals surface area contributed by atoms with Crippen molar-refractivity contribution in [1.82, 2.24) is 9.88 Å². The molecule has 7 heteroatoms. The SMILES string of the molecule is O=C(c1ccc(Cl)nc1)N1CCC2(CC1)CC(=O)N(c1ccccc1)c1ccccc1O2. The summed E-state index contributed by atoms with van der Waals surface area (Å²) in [5.41, 5.74) is 1.41. The number of amides is 2. The van der Waals surface area contributed by atoms with Crippen LogP contribution in [0.2, 0.25) is 5.15 Å². The Labute approximate surface area is 191 Å². The first kappa shape index (κ1) is 20.5. The summed E-state index contributed by atoms with van der Waals surface area (Å²) >= 11 is 5.84. The minimum atomic E-state index is -0.647. The quantitative estimate of drug-likeness (QED) is 0.526. The third kappa shape index (κ3) is 3.82. The number of aromatic nitrogens is 1. The summed E-state index contributed by atoms with van der Waals surface area (Å²) in [4.78, 5) is 33.9. The van der Waals surface area contributed by atoms with Gasteiger partial charge in [-0.25, -0.2) is 4.98 Å². The van der Waals surface area contributed by atoms with Gasteiger partial charge in [0.1, 0.15) is 16.5 Å². The second-order valence-corrected chi connectivity index (χ2v) is 8.54. The van der Waals surface area contributed by atoms with Crippen LogP contribution in [0.4, 0.5) is 11.4 Å². The van der Waals surface area contributed by atoms with Crippen LogP contribution in [0.25, 0.3) is 0 Å². The number of hydrogen-bond donors (Lipinski definition) is 0. The molecule has 5 rings (SSSR count). The fourth-order valence-corrected chi connectivity index (χ4v) is 4.54. The molecule has 0 aliphatic carbocycles. The van der Waals surface area contributed by atoms with E-state index in [0.29, 0.717) is 42.4 Å². The van der Waals surface area contributed by atoms with Crippen molar-refractivity contribution < 1.29 is 14.3 Å². The number of pyridine rings is 1. The Morgan fingerprint density at radius 1 is 0.969 bits per heavy atom. The fraction of sp³-hybridized carbons (Fsp3) is 0.240. The summed E-state index contributed by atoms with van der Waals surface area (Å²) in [5, 5.41) is 0.353. The molecule has 2 amide bonds. The number of likely N-dealkylation sites (tertiary alicyclic amines) is 1. The topological polar surface area (TPSA) is 62.7 Å². The number of para-hydroxylation sites is 3. The Hall–Kier alpha value is -3.38. The lowest BCUT2D eigenvalue weighted by Gasteiger charge is -2.40. The molecule has 0 bridgehead atoms. The molecule has 0 N–H and O–H groups in total. The van der Waals surface area contributed by atoms with E-state index in [9.17, 15) is 9.59 Å². The van der Waals surface area contributed by atoms with Crippen LogP contribution in [0.15, 0.2) is 72.9 Å². The first-order chi connectivity index (χ1) is 15.5. The van der Waals surface area contributed by atoms with Crippen LogP contribution in [0.3, 0.4) is 0 Å². The minimum Gasteiger partial charge on any atom is -0.484 e. The third-order valence-electron chi connectivity index (χ3n) is 6.11. The number of nitrogens with zero attached hydrogens (tertiary/aromatic N) is 3. The van der Waals surface area contributed by atoms with Gasteiger partial charge in [0, 0.05) is 37.8 Å². The number of benzene rings is 2. The number of anilines is 2. The number of ether oxygens (including phenoxy) is 1. The Balaban J connectivity index is 1.39. The second-order valence-electron chi connectivity index (χ2n) is 8.16. The molecule has 32 heavy (non-hydrogen) atoms. The zero-order valence-electron chi connectivity index (χ0n) is 17.4. The molecular formula is C25H22ClN3O3. The average Bonchev–Trinajstić information content (AvgIpc) is 2.93. The van der Waals surface area contributed by atoms with Gasteiger partial charge in [-0.3, -0.25) is 14.5 Å². The fourth-order valence-electron chi connectivity index (χ4n) is 4.43. The monoisotopic (exact) mass is 447 g/mol. The lowest BCUT2D eigenvalue weighted by Crippen LogP contribution is -2.51. The highest BCUT2D eigenvalue weighted by atomic mass is 35.5. The lowest BCUT2D eigenvalue weighted by atomic mass is 9.87. The summed E-state index contributed by atoms with van der Waals surface area (Å²) in [6.45, 7) is 1.00. The van der Waals surface area contributed by atoms with E-state index >= 15 is 0 Å². The molecule has 1 aromatic heterocycles. The van der Waals surface area contributed by atoms with E-state index in [1.165, 1.54) is 6.20 Å². The molecule has 0 radical (unpaired) electrons. The Kier molecular flexibility index (Phi) is 5.31. The predicted molar refractivity (Wildman–Crippen MR) is 122 cm³/mol. The molecule has 2 aromatic carbocycles. The standard InChI is InChI=1S/C25H22ClN3O3/c26-22-11-10-18(17-27-22)24(31)28-14-12-25(13-15-28)16-23(30)29(19-6-2-1-3-7-19)20-8-4-5-9-21(20)32-25/h1-11,17H,12-16H2. The van der Waals surface area contributed by atoms with Crippen LogP contribution in [-0.2, 0) is 4.79 Å². The van der Waals surface area contributed by atoms with Crippen LogP contribution in [0, 0.1) is 0 Å². The van der Waals surface area contributed by atoms with Gasteiger partial charge < -0.3 is 9.64 Å². The first-order valence-electron chi connectivity index (χ1n) is 10.6. The van der Waals surface area contributed by atoms with Gasteiger partial charge in [-0.15, -0.1) is 0 Å². The molecule has 0 saturated carbocycles. The van der Waals surface area contributed by atoms with Crippen LogP contribution >= 0.6 is 11.6 Å². The summed E-state index contributed by atoms with van der Waals surface area (Å²) in [7, 11) is 0. The molecule has 3 aromatic rings. The molecule has 1 fully saturated rings. The second kappa shape index (κ2) is 8.28. The number of rotatable bonds is 2. The lowest BCUT2D eigenvalue weighted by molar-refractivity contribution is -0.122. The summed E-state index contributed by atoms with van der Waals surface area (Å²) in [5.74, 6) is 0.585. The summed E-state index contributed by atoms with van der Waals surface area (Å²) in [6.07, 6.45) is 2.89. The van der Waals surface area contributed by atoms with Gasteiger partial charge in [0.05, 0.1) is 17.7 Å². The van der Waals surface area contributed by atoms with Crippen LogP contribution in [0.1, 0.15) is 29.6 Å².